The van der Waals surface area contributed by atoms with E-state index in [2.05, 4.69) is 46.5 Å². The third kappa shape index (κ3) is 3.96. The van der Waals surface area contributed by atoms with Crippen LogP contribution in [0.4, 0.5) is 5.69 Å². The molecule has 136 valence electrons. The van der Waals surface area contributed by atoms with Crippen LogP contribution in [0.15, 0.2) is 24.3 Å². The van der Waals surface area contributed by atoms with Crippen LogP contribution in [0.3, 0.4) is 0 Å². The van der Waals surface area contributed by atoms with Crippen molar-refractivity contribution in [2.45, 2.75) is 26.4 Å². The van der Waals surface area contributed by atoms with Gasteiger partial charge in [-0.2, -0.15) is 5.10 Å². The van der Waals surface area contributed by atoms with Crippen molar-refractivity contribution in [2.75, 3.05) is 38.3 Å². The van der Waals surface area contributed by atoms with E-state index in [1.54, 1.807) is 11.8 Å². The number of aromatic nitrogens is 2. The van der Waals surface area contributed by atoms with E-state index < -0.39 is 0 Å². The van der Waals surface area contributed by atoms with Gasteiger partial charge in [-0.25, -0.2) is 4.68 Å². The van der Waals surface area contributed by atoms with E-state index >= 15 is 0 Å². The molecule has 1 N–H and O–H groups in total. The summed E-state index contributed by atoms with van der Waals surface area (Å²) in [5.74, 6) is 0.819. The number of methoxy groups -OCH3 is 1. The molecule has 1 atom stereocenters. The third-order valence-corrected chi connectivity index (χ3v) is 4.84. The van der Waals surface area contributed by atoms with Gasteiger partial charge in [-0.3, -0.25) is 0 Å². The molecule has 0 amide bonds. The predicted octanol–water partition coefficient (Wildman–Crippen LogP) is 2.42. The Hall–Kier alpha value is -2.05. The Morgan fingerprint density at radius 1 is 1.24 bits per heavy atom. The van der Waals surface area contributed by atoms with Gasteiger partial charge in [-0.1, -0.05) is 12.1 Å². The minimum Gasteiger partial charge on any atom is -0.481 e. The van der Waals surface area contributed by atoms with E-state index in [9.17, 15) is 0 Å². The minimum atomic E-state index is 0.253. The highest BCUT2D eigenvalue weighted by molar-refractivity contribution is 5.48. The van der Waals surface area contributed by atoms with Gasteiger partial charge >= 0.3 is 0 Å². The van der Waals surface area contributed by atoms with Gasteiger partial charge in [0.15, 0.2) is 0 Å². The lowest BCUT2D eigenvalue weighted by atomic mass is 10.1. The number of benzene rings is 1. The fourth-order valence-electron chi connectivity index (χ4n) is 3.31. The average molecular weight is 344 g/mol. The van der Waals surface area contributed by atoms with Gasteiger partial charge in [0.05, 0.1) is 31.6 Å². The maximum atomic E-state index is 5.46. The Morgan fingerprint density at radius 3 is 2.56 bits per heavy atom. The summed E-state index contributed by atoms with van der Waals surface area (Å²) < 4.78 is 12.7. The van der Waals surface area contributed by atoms with Crippen LogP contribution in [-0.4, -0.2) is 43.2 Å². The highest BCUT2D eigenvalue weighted by Crippen LogP contribution is 2.23. The summed E-state index contributed by atoms with van der Waals surface area (Å²) in [5.41, 5.74) is 4.66. The SMILES string of the molecule is COc1c(CNC(C)c2ccc(N3CCOCC3)cc2)c(C)nn1C. The van der Waals surface area contributed by atoms with Gasteiger partial charge in [-0.15, -0.1) is 0 Å². The molecule has 1 saturated heterocycles. The number of ether oxygens (including phenoxy) is 2. The molecule has 1 aromatic heterocycles. The van der Waals surface area contributed by atoms with Crippen LogP contribution in [0.25, 0.3) is 0 Å². The van der Waals surface area contributed by atoms with Crippen LogP contribution in [0.1, 0.15) is 29.8 Å². The molecule has 1 aliphatic rings. The number of hydrogen-bond donors (Lipinski definition) is 1. The van der Waals surface area contributed by atoms with Crippen molar-refractivity contribution >= 4 is 5.69 Å². The smallest absolute Gasteiger partial charge is 0.216 e. The van der Waals surface area contributed by atoms with Crippen LogP contribution in [0.2, 0.25) is 0 Å². The molecule has 0 aliphatic carbocycles. The largest absolute Gasteiger partial charge is 0.481 e. The number of rotatable bonds is 6. The molecule has 2 heterocycles. The zero-order valence-electron chi connectivity index (χ0n) is 15.6. The van der Waals surface area contributed by atoms with Gasteiger partial charge < -0.3 is 19.7 Å². The Morgan fingerprint density at radius 2 is 1.92 bits per heavy atom. The van der Waals surface area contributed by atoms with Crippen LogP contribution >= 0.6 is 0 Å². The monoisotopic (exact) mass is 344 g/mol. The first-order valence-corrected chi connectivity index (χ1v) is 8.82. The van der Waals surface area contributed by atoms with Crippen molar-refractivity contribution in [1.29, 1.82) is 0 Å². The lowest BCUT2D eigenvalue weighted by Gasteiger charge is -2.29. The molecular formula is C19H28N4O2. The molecular weight excluding hydrogens is 316 g/mol. The number of nitrogens with one attached hydrogen (secondary N) is 1. The summed E-state index contributed by atoms with van der Waals surface area (Å²) >= 11 is 0. The molecule has 6 heteroatoms. The number of morpholine rings is 1. The highest BCUT2D eigenvalue weighted by Gasteiger charge is 2.16. The fraction of sp³-hybridized carbons (Fsp3) is 0.526. The second-order valence-electron chi connectivity index (χ2n) is 6.49. The van der Waals surface area contributed by atoms with E-state index in [0.717, 1.165) is 50.0 Å². The second-order valence-corrected chi connectivity index (χ2v) is 6.49. The van der Waals surface area contributed by atoms with Crippen molar-refractivity contribution in [1.82, 2.24) is 15.1 Å². The first kappa shape index (κ1) is 17.8. The first-order valence-electron chi connectivity index (χ1n) is 8.82. The predicted molar refractivity (Wildman–Crippen MR) is 99.2 cm³/mol. The molecule has 0 radical (unpaired) electrons. The Balaban J connectivity index is 1.62. The van der Waals surface area contributed by atoms with E-state index in [-0.39, 0.29) is 6.04 Å². The van der Waals surface area contributed by atoms with E-state index in [0.29, 0.717) is 0 Å². The highest BCUT2D eigenvalue weighted by atomic mass is 16.5. The maximum Gasteiger partial charge on any atom is 0.216 e. The molecule has 6 nitrogen and oxygen atoms in total. The zero-order valence-corrected chi connectivity index (χ0v) is 15.6. The minimum absolute atomic E-state index is 0.253. The van der Waals surface area contributed by atoms with Crippen LogP contribution in [-0.2, 0) is 18.3 Å². The molecule has 0 saturated carbocycles. The molecule has 1 fully saturated rings. The molecule has 3 rings (SSSR count). The van der Waals surface area contributed by atoms with Gasteiger partial charge in [0.25, 0.3) is 0 Å². The van der Waals surface area contributed by atoms with Crippen molar-refractivity contribution in [3.63, 3.8) is 0 Å². The molecule has 1 unspecified atom stereocenters. The van der Waals surface area contributed by atoms with Crippen molar-refractivity contribution in [2.24, 2.45) is 7.05 Å². The Kier molecular flexibility index (Phi) is 5.60. The Labute approximate surface area is 149 Å². The summed E-state index contributed by atoms with van der Waals surface area (Å²) in [6.45, 7) is 8.48. The summed E-state index contributed by atoms with van der Waals surface area (Å²) in [6.07, 6.45) is 0. The quantitative estimate of drug-likeness (QED) is 0.872. The summed E-state index contributed by atoms with van der Waals surface area (Å²) in [6, 6.07) is 9.07. The maximum absolute atomic E-state index is 5.46. The van der Waals surface area contributed by atoms with Crippen molar-refractivity contribution < 1.29 is 9.47 Å². The number of hydrogen-bond acceptors (Lipinski definition) is 5. The molecule has 0 spiro atoms. The van der Waals surface area contributed by atoms with Gasteiger partial charge in [0.1, 0.15) is 0 Å². The molecule has 2 aromatic rings. The lowest BCUT2D eigenvalue weighted by Crippen LogP contribution is -2.36. The van der Waals surface area contributed by atoms with Crippen molar-refractivity contribution in [3.8, 4) is 5.88 Å². The van der Waals surface area contributed by atoms with Crippen LogP contribution in [0.5, 0.6) is 5.88 Å². The topological polar surface area (TPSA) is 51.6 Å². The third-order valence-electron chi connectivity index (χ3n) is 4.84. The molecule has 1 aromatic carbocycles. The van der Waals surface area contributed by atoms with Crippen molar-refractivity contribution in [3.05, 3.63) is 41.1 Å². The number of aryl methyl sites for hydroxylation is 2. The van der Waals surface area contributed by atoms with Gasteiger partial charge in [0, 0.05) is 38.4 Å². The summed E-state index contributed by atoms with van der Waals surface area (Å²) in [5, 5.41) is 8.01. The van der Waals surface area contributed by atoms with E-state index in [4.69, 9.17) is 9.47 Å². The lowest BCUT2D eigenvalue weighted by molar-refractivity contribution is 0.122. The second kappa shape index (κ2) is 7.89. The number of anilines is 1. The average Bonchev–Trinajstić information content (AvgIpc) is 2.93. The summed E-state index contributed by atoms with van der Waals surface area (Å²) in [4.78, 5) is 2.37. The molecule has 25 heavy (non-hydrogen) atoms. The zero-order chi connectivity index (χ0) is 17.8. The van der Waals surface area contributed by atoms with Gasteiger partial charge in [-0.05, 0) is 31.5 Å². The Bertz CT molecular complexity index is 690. The fourth-order valence-corrected chi connectivity index (χ4v) is 3.31. The van der Waals surface area contributed by atoms with Crippen LogP contribution < -0.4 is 15.0 Å². The van der Waals surface area contributed by atoms with E-state index in [1.165, 1.54) is 11.3 Å². The van der Waals surface area contributed by atoms with Gasteiger partial charge in [0.2, 0.25) is 5.88 Å². The molecule has 0 bridgehead atoms. The van der Waals surface area contributed by atoms with Crippen LogP contribution in [0, 0.1) is 6.92 Å². The normalized spacial score (nSPS) is 16.1. The standard InChI is InChI=1S/C19H28N4O2/c1-14(20-13-18-15(2)21-22(3)19(18)24-4)16-5-7-17(8-6-16)23-9-11-25-12-10-23/h5-8,14,20H,9-13H2,1-4H3. The molecule has 1 aliphatic heterocycles. The summed E-state index contributed by atoms with van der Waals surface area (Å²) in [7, 11) is 3.59. The van der Waals surface area contributed by atoms with E-state index in [1.807, 2.05) is 14.0 Å². The number of nitrogens with zero attached hydrogens (tertiary/aromatic N) is 3. The first-order chi connectivity index (χ1) is 12.1.